The normalized spacial score (nSPS) is 29.7. The van der Waals surface area contributed by atoms with Crippen LogP contribution >= 0.6 is 0 Å². The lowest BCUT2D eigenvalue weighted by Crippen LogP contribution is -2.60. The summed E-state index contributed by atoms with van der Waals surface area (Å²) >= 11 is 0. The number of hydrogen-bond donors (Lipinski definition) is 1. The van der Waals surface area contributed by atoms with E-state index in [1.165, 1.54) is 18.5 Å². The van der Waals surface area contributed by atoms with E-state index in [9.17, 15) is 9.18 Å². The molecular formula is C22H31FN6O2. The molecule has 2 aliphatic rings. The second-order valence-electron chi connectivity index (χ2n) is 9.78. The van der Waals surface area contributed by atoms with Crippen molar-refractivity contribution < 1.29 is 13.9 Å². The van der Waals surface area contributed by atoms with Gasteiger partial charge in [0.15, 0.2) is 6.33 Å². The van der Waals surface area contributed by atoms with Crippen molar-refractivity contribution in [2.24, 2.45) is 11.1 Å². The topological polar surface area (TPSA) is 99.2 Å². The molecule has 0 bridgehead atoms. The van der Waals surface area contributed by atoms with Crippen LogP contribution in [0.25, 0.3) is 0 Å². The van der Waals surface area contributed by atoms with E-state index in [0.29, 0.717) is 0 Å². The fraction of sp³-hybridized carbons (Fsp3) is 0.636. The Hall–Kier alpha value is -2.55. The standard InChI is InChI=1S/C22H31FN6O2/c1-22(2,3)20-19(31-21(24)30)5-4-10-28(20)17-11-15(14-6-8-16(23)9-7-14)12-18(17)29-26-13-25-27-29/h6-9,13,15,17-20H,4-5,10-12H2,1-3H3,(H2,24,30). The largest absolute Gasteiger partial charge is 0.445 e. The van der Waals surface area contributed by atoms with Crippen molar-refractivity contribution in [2.45, 2.75) is 76.6 Å². The number of amides is 1. The van der Waals surface area contributed by atoms with Crippen molar-refractivity contribution in [3.63, 3.8) is 0 Å². The number of halogens is 1. The fourth-order valence-corrected chi connectivity index (χ4v) is 5.62. The molecule has 2 aromatic rings. The Kier molecular flexibility index (Phi) is 5.96. The maximum Gasteiger partial charge on any atom is 0.404 e. The molecule has 0 radical (unpaired) electrons. The molecule has 1 saturated carbocycles. The Labute approximate surface area is 181 Å². The van der Waals surface area contributed by atoms with Gasteiger partial charge >= 0.3 is 6.09 Å². The maximum absolute atomic E-state index is 13.5. The summed E-state index contributed by atoms with van der Waals surface area (Å²) in [6.07, 6.45) is 3.89. The van der Waals surface area contributed by atoms with Crippen LogP contribution in [-0.4, -0.2) is 55.9 Å². The number of benzene rings is 1. The summed E-state index contributed by atoms with van der Waals surface area (Å²) in [5, 5.41) is 12.5. The van der Waals surface area contributed by atoms with E-state index in [4.69, 9.17) is 10.5 Å². The predicted molar refractivity (Wildman–Crippen MR) is 113 cm³/mol. The number of carbonyl (C=O) groups excluding carboxylic acids is 1. The number of aromatic nitrogens is 4. The van der Waals surface area contributed by atoms with Crippen LogP contribution in [0.15, 0.2) is 30.6 Å². The van der Waals surface area contributed by atoms with Gasteiger partial charge in [-0.3, -0.25) is 4.90 Å². The number of tetrazole rings is 1. The minimum atomic E-state index is -0.730. The molecule has 9 heteroatoms. The number of nitrogens with two attached hydrogens (primary N) is 1. The van der Waals surface area contributed by atoms with Gasteiger partial charge in [-0.15, -0.1) is 10.2 Å². The maximum atomic E-state index is 13.5. The van der Waals surface area contributed by atoms with Gasteiger partial charge in [-0.2, -0.15) is 4.80 Å². The first-order valence-electron chi connectivity index (χ1n) is 10.9. The summed E-state index contributed by atoms with van der Waals surface area (Å²) in [7, 11) is 0. The molecule has 168 valence electrons. The number of rotatable bonds is 4. The molecule has 0 spiro atoms. The average Bonchev–Trinajstić information content (AvgIpc) is 3.37. The quantitative estimate of drug-likeness (QED) is 0.799. The molecule has 1 amide bonds. The highest BCUT2D eigenvalue weighted by atomic mass is 19.1. The van der Waals surface area contributed by atoms with Crippen LogP contribution in [0.4, 0.5) is 9.18 Å². The zero-order valence-electron chi connectivity index (χ0n) is 18.3. The molecule has 1 saturated heterocycles. The monoisotopic (exact) mass is 430 g/mol. The number of nitrogens with zero attached hydrogens (tertiary/aromatic N) is 5. The summed E-state index contributed by atoms with van der Waals surface area (Å²) in [6.45, 7) is 7.40. The number of likely N-dealkylation sites (tertiary alicyclic amines) is 1. The second-order valence-corrected chi connectivity index (χ2v) is 9.78. The highest BCUT2D eigenvalue weighted by Gasteiger charge is 2.49. The van der Waals surface area contributed by atoms with Gasteiger partial charge < -0.3 is 10.5 Å². The molecule has 8 nitrogen and oxygen atoms in total. The van der Waals surface area contributed by atoms with Gasteiger partial charge in [-0.1, -0.05) is 32.9 Å². The molecule has 1 aliphatic carbocycles. The van der Waals surface area contributed by atoms with Gasteiger partial charge in [0, 0.05) is 6.04 Å². The van der Waals surface area contributed by atoms with Gasteiger partial charge in [0.05, 0.1) is 12.1 Å². The minimum Gasteiger partial charge on any atom is -0.445 e. The van der Waals surface area contributed by atoms with Gasteiger partial charge in [-0.05, 0) is 66.5 Å². The van der Waals surface area contributed by atoms with Crippen LogP contribution in [0.1, 0.15) is 64.0 Å². The summed E-state index contributed by atoms with van der Waals surface area (Å²) in [5.74, 6) is 0.0164. The third-order valence-electron chi connectivity index (χ3n) is 6.69. The Morgan fingerprint density at radius 1 is 1.19 bits per heavy atom. The second kappa shape index (κ2) is 8.53. The molecule has 5 unspecified atom stereocenters. The summed E-state index contributed by atoms with van der Waals surface area (Å²) in [6, 6.07) is 6.93. The average molecular weight is 431 g/mol. The van der Waals surface area contributed by atoms with E-state index >= 15 is 0 Å². The number of primary amides is 1. The zero-order chi connectivity index (χ0) is 22.2. The molecule has 1 aliphatic heterocycles. The Bertz CT molecular complexity index is 882. The molecule has 1 aromatic carbocycles. The molecule has 5 atom stereocenters. The molecule has 1 aromatic heterocycles. The first kappa shape index (κ1) is 21.7. The molecular weight excluding hydrogens is 399 g/mol. The van der Waals surface area contributed by atoms with E-state index in [-0.39, 0.29) is 41.4 Å². The van der Waals surface area contributed by atoms with Crippen molar-refractivity contribution >= 4 is 6.09 Å². The lowest BCUT2D eigenvalue weighted by molar-refractivity contribution is -0.0708. The first-order valence-corrected chi connectivity index (χ1v) is 10.9. The molecule has 31 heavy (non-hydrogen) atoms. The van der Waals surface area contributed by atoms with Gasteiger partial charge in [0.2, 0.25) is 0 Å². The van der Waals surface area contributed by atoms with Crippen molar-refractivity contribution in [3.8, 4) is 0 Å². The van der Waals surface area contributed by atoms with Crippen molar-refractivity contribution in [1.82, 2.24) is 25.1 Å². The Morgan fingerprint density at radius 2 is 1.90 bits per heavy atom. The summed E-state index contributed by atoms with van der Waals surface area (Å²) < 4.78 is 19.1. The highest BCUT2D eigenvalue weighted by Crippen LogP contribution is 2.46. The smallest absolute Gasteiger partial charge is 0.404 e. The van der Waals surface area contributed by atoms with Crippen LogP contribution in [-0.2, 0) is 4.74 Å². The van der Waals surface area contributed by atoms with Crippen LogP contribution in [0.5, 0.6) is 0 Å². The van der Waals surface area contributed by atoms with E-state index < -0.39 is 6.09 Å². The first-order chi connectivity index (χ1) is 14.7. The number of piperidine rings is 1. The third kappa shape index (κ3) is 4.56. The third-order valence-corrected chi connectivity index (χ3v) is 6.69. The number of hydrogen-bond acceptors (Lipinski definition) is 6. The summed E-state index contributed by atoms with van der Waals surface area (Å²) in [5.41, 5.74) is 6.38. The van der Waals surface area contributed by atoms with E-state index in [0.717, 1.165) is 37.8 Å². The lowest BCUT2D eigenvalue weighted by Gasteiger charge is -2.50. The van der Waals surface area contributed by atoms with Gasteiger partial charge in [0.1, 0.15) is 11.9 Å². The Balaban J connectivity index is 1.67. The number of carbonyl (C=O) groups is 1. The van der Waals surface area contributed by atoms with Crippen molar-refractivity contribution in [1.29, 1.82) is 0 Å². The molecule has 4 rings (SSSR count). The van der Waals surface area contributed by atoms with Crippen LogP contribution in [0.3, 0.4) is 0 Å². The lowest BCUT2D eigenvalue weighted by atomic mass is 9.77. The van der Waals surface area contributed by atoms with E-state index in [1.807, 2.05) is 12.1 Å². The SMILES string of the molecule is CC(C)(C)C1C(OC(N)=O)CCCN1C1CC(c2ccc(F)cc2)CC1n1ncnn1. The Morgan fingerprint density at radius 3 is 2.52 bits per heavy atom. The van der Waals surface area contributed by atoms with Crippen LogP contribution in [0.2, 0.25) is 0 Å². The van der Waals surface area contributed by atoms with Gasteiger partial charge in [-0.25, -0.2) is 9.18 Å². The fourth-order valence-electron chi connectivity index (χ4n) is 5.62. The van der Waals surface area contributed by atoms with Gasteiger partial charge in [0.25, 0.3) is 0 Å². The zero-order valence-corrected chi connectivity index (χ0v) is 18.3. The highest BCUT2D eigenvalue weighted by molar-refractivity contribution is 5.64. The van der Waals surface area contributed by atoms with Crippen molar-refractivity contribution in [2.75, 3.05) is 6.54 Å². The van der Waals surface area contributed by atoms with Crippen LogP contribution in [0, 0.1) is 11.2 Å². The molecule has 2 fully saturated rings. The number of ether oxygens (including phenoxy) is 1. The van der Waals surface area contributed by atoms with Crippen molar-refractivity contribution in [3.05, 3.63) is 42.0 Å². The predicted octanol–water partition coefficient (Wildman–Crippen LogP) is 3.27. The molecule has 2 N–H and O–H groups in total. The van der Waals surface area contributed by atoms with Crippen LogP contribution < -0.4 is 5.73 Å². The van der Waals surface area contributed by atoms with E-state index in [1.54, 1.807) is 4.80 Å². The van der Waals surface area contributed by atoms with E-state index in [2.05, 4.69) is 41.1 Å². The summed E-state index contributed by atoms with van der Waals surface area (Å²) in [4.78, 5) is 15.8. The minimum absolute atomic E-state index is 0.0109. The molecule has 2 heterocycles.